The van der Waals surface area contributed by atoms with Gasteiger partial charge >= 0.3 is 0 Å². The molecule has 8 heteroatoms. The second-order valence-corrected chi connectivity index (χ2v) is 7.26. The Labute approximate surface area is 175 Å². The monoisotopic (exact) mass is 407 g/mol. The van der Waals surface area contributed by atoms with E-state index in [-0.39, 0.29) is 0 Å². The first-order valence-corrected chi connectivity index (χ1v) is 9.79. The molecule has 0 bridgehead atoms. The molecule has 0 amide bonds. The molecule has 0 aliphatic carbocycles. The average molecular weight is 407 g/mol. The Morgan fingerprint density at radius 2 is 1.77 bits per heavy atom. The fourth-order valence-corrected chi connectivity index (χ4v) is 3.43. The molecule has 156 valence electrons. The molecule has 0 aliphatic rings. The summed E-state index contributed by atoms with van der Waals surface area (Å²) in [6, 6.07) is 12.0. The number of benzene rings is 2. The van der Waals surface area contributed by atoms with E-state index in [9.17, 15) is 0 Å². The predicted octanol–water partition coefficient (Wildman–Crippen LogP) is 3.45. The van der Waals surface area contributed by atoms with Crippen LogP contribution in [0, 0.1) is 6.92 Å². The molecule has 0 aliphatic heterocycles. The van der Waals surface area contributed by atoms with E-state index < -0.39 is 0 Å². The van der Waals surface area contributed by atoms with Crippen molar-refractivity contribution < 1.29 is 14.1 Å². The first kappa shape index (κ1) is 19.9. The minimum atomic E-state index is 0.540. The number of aryl methyl sites for hydroxylation is 1. The van der Waals surface area contributed by atoms with Crippen molar-refractivity contribution in [1.29, 1.82) is 0 Å². The SMILES string of the molecule is COc1ccc(CN(C)Cc2ccc3nonc3c2)cc1OCCn1ccnc1C. The van der Waals surface area contributed by atoms with Gasteiger partial charge in [0.25, 0.3) is 0 Å². The van der Waals surface area contributed by atoms with Gasteiger partial charge in [0, 0.05) is 25.5 Å². The number of hydrogen-bond acceptors (Lipinski definition) is 7. The van der Waals surface area contributed by atoms with Crippen molar-refractivity contribution in [2.75, 3.05) is 20.8 Å². The van der Waals surface area contributed by atoms with Crippen molar-refractivity contribution in [2.24, 2.45) is 0 Å². The van der Waals surface area contributed by atoms with Gasteiger partial charge in [0.05, 0.1) is 13.7 Å². The van der Waals surface area contributed by atoms with Crippen LogP contribution >= 0.6 is 0 Å². The van der Waals surface area contributed by atoms with Crippen LogP contribution in [0.15, 0.2) is 53.4 Å². The maximum absolute atomic E-state index is 6.02. The summed E-state index contributed by atoms with van der Waals surface area (Å²) < 4.78 is 18.3. The van der Waals surface area contributed by atoms with Gasteiger partial charge in [-0.15, -0.1) is 0 Å². The molecule has 0 saturated heterocycles. The van der Waals surface area contributed by atoms with Crippen molar-refractivity contribution in [2.45, 2.75) is 26.6 Å². The number of rotatable bonds is 9. The highest BCUT2D eigenvalue weighted by molar-refractivity contribution is 5.73. The normalized spacial score (nSPS) is 11.3. The van der Waals surface area contributed by atoms with E-state index >= 15 is 0 Å². The third kappa shape index (κ3) is 4.60. The van der Waals surface area contributed by atoms with Crippen LogP contribution in [0.5, 0.6) is 11.5 Å². The molecule has 8 nitrogen and oxygen atoms in total. The van der Waals surface area contributed by atoms with Gasteiger partial charge in [-0.25, -0.2) is 9.61 Å². The van der Waals surface area contributed by atoms with Crippen molar-refractivity contribution in [3.8, 4) is 11.5 Å². The van der Waals surface area contributed by atoms with Crippen molar-refractivity contribution >= 4 is 11.0 Å². The largest absolute Gasteiger partial charge is 0.493 e. The molecule has 30 heavy (non-hydrogen) atoms. The van der Waals surface area contributed by atoms with E-state index in [2.05, 4.69) is 37.9 Å². The highest BCUT2D eigenvalue weighted by atomic mass is 16.6. The van der Waals surface area contributed by atoms with Gasteiger partial charge < -0.3 is 14.0 Å². The molecule has 0 unspecified atom stereocenters. The highest BCUT2D eigenvalue weighted by Gasteiger charge is 2.10. The van der Waals surface area contributed by atoms with Crippen molar-refractivity contribution in [1.82, 2.24) is 24.8 Å². The lowest BCUT2D eigenvalue weighted by atomic mass is 10.1. The fraction of sp³-hybridized carbons (Fsp3) is 0.318. The zero-order valence-electron chi connectivity index (χ0n) is 17.4. The zero-order valence-corrected chi connectivity index (χ0v) is 17.4. The van der Waals surface area contributed by atoms with Crippen LogP contribution in [0.2, 0.25) is 0 Å². The molecule has 0 atom stereocenters. The first-order valence-electron chi connectivity index (χ1n) is 9.79. The maximum atomic E-state index is 6.02. The molecule has 2 aromatic carbocycles. The minimum absolute atomic E-state index is 0.540. The van der Waals surface area contributed by atoms with Crippen molar-refractivity contribution in [3.05, 3.63) is 65.7 Å². The standard InChI is InChI=1S/C22H25N5O3/c1-16-23-8-9-27(16)10-11-29-22-13-18(5-7-21(22)28-3)15-26(2)14-17-4-6-19-20(12-17)25-30-24-19/h4-9,12-13H,10-11,14-15H2,1-3H3. The number of methoxy groups -OCH3 is 1. The number of nitrogens with zero attached hydrogens (tertiary/aromatic N) is 5. The Balaban J connectivity index is 1.39. The van der Waals surface area contributed by atoms with Gasteiger partial charge in [-0.2, -0.15) is 0 Å². The molecule has 0 radical (unpaired) electrons. The molecule has 0 fully saturated rings. The molecule has 2 aromatic heterocycles. The lowest BCUT2D eigenvalue weighted by Gasteiger charge is -2.18. The fourth-order valence-electron chi connectivity index (χ4n) is 3.43. The predicted molar refractivity (Wildman–Crippen MR) is 112 cm³/mol. The Bertz CT molecular complexity index is 1120. The smallest absolute Gasteiger partial charge is 0.161 e. The van der Waals surface area contributed by atoms with E-state index in [0.717, 1.165) is 59.1 Å². The summed E-state index contributed by atoms with van der Waals surface area (Å²) in [7, 11) is 3.74. The Morgan fingerprint density at radius 1 is 1.00 bits per heavy atom. The average Bonchev–Trinajstić information content (AvgIpc) is 3.36. The summed E-state index contributed by atoms with van der Waals surface area (Å²) >= 11 is 0. The summed E-state index contributed by atoms with van der Waals surface area (Å²) in [5.74, 6) is 2.45. The quantitative estimate of drug-likeness (QED) is 0.420. The van der Waals surface area contributed by atoms with Crippen LogP contribution in [-0.4, -0.2) is 45.5 Å². The van der Waals surface area contributed by atoms with E-state index in [1.807, 2.05) is 43.5 Å². The molecule has 4 aromatic rings. The third-order valence-corrected chi connectivity index (χ3v) is 4.96. The summed E-state index contributed by atoms with van der Waals surface area (Å²) in [5.41, 5.74) is 3.84. The summed E-state index contributed by atoms with van der Waals surface area (Å²) in [4.78, 5) is 6.47. The molecule has 4 rings (SSSR count). The minimum Gasteiger partial charge on any atom is -0.493 e. The number of imidazole rings is 1. The van der Waals surface area contributed by atoms with Gasteiger partial charge in [0.1, 0.15) is 23.5 Å². The number of aromatic nitrogens is 4. The van der Waals surface area contributed by atoms with E-state index in [4.69, 9.17) is 14.1 Å². The molecule has 0 N–H and O–H groups in total. The first-order chi connectivity index (χ1) is 14.6. The number of hydrogen-bond donors (Lipinski definition) is 0. The van der Waals surface area contributed by atoms with Crippen LogP contribution in [-0.2, 0) is 19.6 Å². The van der Waals surface area contributed by atoms with E-state index in [0.29, 0.717) is 6.61 Å². The lowest BCUT2D eigenvalue weighted by Crippen LogP contribution is -2.17. The Kier molecular flexibility index (Phi) is 5.94. The van der Waals surface area contributed by atoms with Crippen LogP contribution in [0.1, 0.15) is 17.0 Å². The Morgan fingerprint density at radius 3 is 2.53 bits per heavy atom. The second kappa shape index (κ2) is 8.96. The van der Waals surface area contributed by atoms with Crippen LogP contribution in [0.4, 0.5) is 0 Å². The van der Waals surface area contributed by atoms with Gasteiger partial charge in [0.2, 0.25) is 0 Å². The van der Waals surface area contributed by atoms with E-state index in [1.165, 1.54) is 0 Å². The Hall–Kier alpha value is -3.39. The molecular formula is C22H25N5O3. The zero-order chi connectivity index (χ0) is 20.9. The van der Waals surface area contributed by atoms with Crippen LogP contribution in [0.3, 0.4) is 0 Å². The van der Waals surface area contributed by atoms with Gasteiger partial charge in [-0.05, 0) is 59.7 Å². The lowest BCUT2D eigenvalue weighted by molar-refractivity contribution is 0.276. The number of fused-ring (bicyclic) bond motifs is 1. The maximum Gasteiger partial charge on any atom is 0.161 e. The topological polar surface area (TPSA) is 78.4 Å². The molecule has 0 spiro atoms. The molecular weight excluding hydrogens is 382 g/mol. The summed E-state index contributed by atoms with van der Waals surface area (Å²) in [6.45, 7) is 4.81. The van der Waals surface area contributed by atoms with E-state index in [1.54, 1.807) is 13.3 Å². The number of ether oxygens (including phenoxy) is 2. The molecule has 2 heterocycles. The van der Waals surface area contributed by atoms with Crippen LogP contribution in [0.25, 0.3) is 11.0 Å². The third-order valence-electron chi connectivity index (χ3n) is 4.96. The van der Waals surface area contributed by atoms with Crippen molar-refractivity contribution in [3.63, 3.8) is 0 Å². The van der Waals surface area contributed by atoms with Crippen LogP contribution < -0.4 is 9.47 Å². The van der Waals surface area contributed by atoms with Gasteiger partial charge in [-0.3, -0.25) is 4.90 Å². The van der Waals surface area contributed by atoms with Gasteiger partial charge in [0.15, 0.2) is 11.5 Å². The summed E-state index contributed by atoms with van der Waals surface area (Å²) in [6.07, 6.45) is 3.75. The second-order valence-electron chi connectivity index (χ2n) is 7.26. The highest BCUT2D eigenvalue weighted by Crippen LogP contribution is 2.29. The van der Waals surface area contributed by atoms with Gasteiger partial charge in [-0.1, -0.05) is 12.1 Å². The summed E-state index contributed by atoms with van der Waals surface area (Å²) in [5, 5.41) is 7.76. The molecule has 0 saturated carbocycles.